The molecule has 0 N–H and O–H groups in total. The molecular weight excluding hydrogens is 316 g/mol. The van der Waals surface area contributed by atoms with Crippen molar-refractivity contribution in [3.63, 3.8) is 0 Å². The number of carbonyl (C=O) groups is 1. The average molecular weight is 336 g/mol. The first-order chi connectivity index (χ1) is 12.2. The van der Waals surface area contributed by atoms with Crippen LogP contribution in [0.3, 0.4) is 0 Å². The van der Waals surface area contributed by atoms with Gasteiger partial charge in [0.25, 0.3) is 0 Å². The molecule has 0 atom stereocenters. The van der Waals surface area contributed by atoms with E-state index in [1.807, 2.05) is 67.6 Å². The number of fused-ring (bicyclic) bond motifs is 1. The quantitative estimate of drug-likeness (QED) is 0.594. The monoisotopic (exact) mass is 336 g/mol. The van der Waals surface area contributed by atoms with Crippen LogP contribution in [0.5, 0.6) is 5.75 Å². The van der Waals surface area contributed by atoms with Gasteiger partial charge in [-0.1, -0.05) is 42.5 Å². The Balaban J connectivity index is 1.80. The van der Waals surface area contributed by atoms with Crippen LogP contribution in [0.4, 0.5) is 0 Å². The number of ether oxygens (including phenoxy) is 2. The molecule has 1 aromatic heterocycles. The van der Waals surface area contributed by atoms with Gasteiger partial charge in [-0.2, -0.15) is 0 Å². The minimum Gasteiger partial charge on any atom is -0.489 e. The predicted octanol–water partition coefficient (Wildman–Crippen LogP) is 5.01. The van der Waals surface area contributed by atoms with Gasteiger partial charge in [0.2, 0.25) is 5.76 Å². The molecular formula is C21H20O4. The summed E-state index contributed by atoms with van der Waals surface area (Å²) in [5.74, 6) is 0.464. The standard InChI is InChI=1S/C21H20O4/c1-3-23-21(22)20-15(2)19-17(12-7-13-18(19)25-20)24-14-8-11-16-9-5-4-6-10-16/h4-13H,3,14H2,1-2H3. The number of esters is 1. The molecule has 128 valence electrons. The number of aryl methyl sites for hydroxylation is 1. The van der Waals surface area contributed by atoms with Gasteiger partial charge in [-0.05, 0) is 37.6 Å². The van der Waals surface area contributed by atoms with E-state index in [2.05, 4.69) is 0 Å². The number of rotatable bonds is 6. The van der Waals surface area contributed by atoms with Crippen LogP contribution in [0.25, 0.3) is 17.0 Å². The van der Waals surface area contributed by atoms with E-state index in [1.165, 1.54) is 0 Å². The van der Waals surface area contributed by atoms with Gasteiger partial charge in [0.15, 0.2) is 0 Å². The molecule has 4 nitrogen and oxygen atoms in total. The summed E-state index contributed by atoms with van der Waals surface area (Å²) in [5, 5.41) is 0.804. The second kappa shape index (κ2) is 7.71. The van der Waals surface area contributed by atoms with E-state index >= 15 is 0 Å². The summed E-state index contributed by atoms with van der Waals surface area (Å²) in [5.41, 5.74) is 2.47. The topological polar surface area (TPSA) is 48.7 Å². The fourth-order valence-electron chi connectivity index (χ4n) is 2.66. The van der Waals surface area contributed by atoms with Gasteiger partial charge >= 0.3 is 5.97 Å². The molecule has 0 aliphatic heterocycles. The normalized spacial score (nSPS) is 11.1. The van der Waals surface area contributed by atoms with Crippen LogP contribution in [0, 0.1) is 6.92 Å². The molecule has 3 rings (SSSR count). The van der Waals surface area contributed by atoms with E-state index < -0.39 is 5.97 Å². The smallest absolute Gasteiger partial charge is 0.374 e. The van der Waals surface area contributed by atoms with Crippen LogP contribution in [0.1, 0.15) is 28.6 Å². The third-order valence-electron chi connectivity index (χ3n) is 3.82. The third kappa shape index (κ3) is 3.74. The SMILES string of the molecule is CCOC(=O)c1oc2cccc(OCC=Cc3ccccc3)c2c1C. The predicted molar refractivity (Wildman–Crippen MR) is 97.9 cm³/mol. The highest BCUT2D eigenvalue weighted by atomic mass is 16.5. The summed E-state index contributed by atoms with van der Waals surface area (Å²) in [6, 6.07) is 15.6. The van der Waals surface area contributed by atoms with Crippen LogP contribution in [0.2, 0.25) is 0 Å². The van der Waals surface area contributed by atoms with Crippen LogP contribution < -0.4 is 4.74 Å². The maximum Gasteiger partial charge on any atom is 0.374 e. The minimum absolute atomic E-state index is 0.229. The summed E-state index contributed by atoms with van der Waals surface area (Å²) < 4.78 is 16.6. The van der Waals surface area contributed by atoms with Crippen molar-refractivity contribution in [2.45, 2.75) is 13.8 Å². The molecule has 0 unspecified atom stereocenters. The zero-order valence-electron chi connectivity index (χ0n) is 14.3. The highest BCUT2D eigenvalue weighted by Gasteiger charge is 2.20. The Morgan fingerprint density at radius 1 is 1.12 bits per heavy atom. The van der Waals surface area contributed by atoms with Gasteiger partial charge in [-0.25, -0.2) is 4.79 Å². The first-order valence-electron chi connectivity index (χ1n) is 8.24. The fourth-order valence-corrected chi connectivity index (χ4v) is 2.66. The van der Waals surface area contributed by atoms with Gasteiger partial charge in [0, 0.05) is 5.56 Å². The largest absolute Gasteiger partial charge is 0.489 e. The second-order valence-electron chi connectivity index (χ2n) is 5.53. The number of carbonyl (C=O) groups excluding carboxylic acids is 1. The number of hydrogen-bond acceptors (Lipinski definition) is 4. The van der Waals surface area contributed by atoms with E-state index in [-0.39, 0.29) is 5.76 Å². The van der Waals surface area contributed by atoms with Crippen molar-refractivity contribution in [1.82, 2.24) is 0 Å². The van der Waals surface area contributed by atoms with Crippen LogP contribution in [0.15, 0.2) is 59.0 Å². The Morgan fingerprint density at radius 2 is 1.92 bits per heavy atom. The highest BCUT2D eigenvalue weighted by molar-refractivity contribution is 5.98. The van der Waals surface area contributed by atoms with E-state index in [9.17, 15) is 4.79 Å². The third-order valence-corrected chi connectivity index (χ3v) is 3.82. The van der Waals surface area contributed by atoms with Crippen molar-refractivity contribution >= 4 is 23.0 Å². The van der Waals surface area contributed by atoms with Crippen LogP contribution >= 0.6 is 0 Å². The summed E-state index contributed by atoms with van der Waals surface area (Å²) in [6.45, 7) is 4.34. The second-order valence-corrected chi connectivity index (χ2v) is 5.53. The fraction of sp³-hybridized carbons (Fsp3) is 0.190. The van der Waals surface area contributed by atoms with E-state index in [0.717, 1.165) is 16.5 Å². The van der Waals surface area contributed by atoms with Gasteiger partial charge in [0.05, 0.1) is 12.0 Å². The van der Waals surface area contributed by atoms with Gasteiger partial charge < -0.3 is 13.9 Å². The highest BCUT2D eigenvalue weighted by Crippen LogP contribution is 2.33. The summed E-state index contributed by atoms with van der Waals surface area (Å²) in [7, 11) is 0. The van der Waals surface area contributed by atoms with Gasteiger partial charge in [0.1, 0.15) is 17.9 Å². The summed E-state index contributed by atoms with van der Waals surface area (Å²) in [4.78, 5) is 12.0. The van der Waals surface area contributed by atoms with Crippen molar-refractivity contribution in [3.8, 4) is 5.75 Å². The Morgan fingerprint density at radius 3 is 2.68 bits per heavy atom. The molecule has 0 fully saturated rings. The first kappa shape index (κ1) is 16.8. The lowest BCUT2D eigenvalue weighted by Crippen LogP contribution is -2.04. The van der Waals surface area contributed by atoms with Crippen LogP contribution in [-0.4, -0.2) is 19.2 Å². The molecule has 0 radical (unpaired) electrons. The zero-order chi connectivity index (χ0) is 17.6. The molecule has 25 heavy (non-hydrogen) atoms. The molecule has 4 heteroatoms. The van der Waals surface area contributed by atoms with Gasteiger partial charge in [-0.3, -0.25) is 0 Å². The number of furan rings is 1. The maximum atomic E-state index is 12.0. The van der Waals surface area contributed by atoms with Gasteiger partial charge in [-0.15, -0.1) is 0 Å². The van der Waals surface area contributed by atoms with Crippen LogP contribution in [-0.2, 0) is 4.74 Å². The Hall–Kier alpha value is -3.01. The lowest BCUT2D eigenvalue weighted by Gasteiger charge is -2.05. The maximum absolute atomic E-state index is 12.0. The molecule has 0 aliphatic carbocycles. The first-order valence-corrected chi connectivity index (χ1v) is 8.24. The molecule has 1 heterocycles. The van der Waals surface area contributed by atoms with E-state index in [0.29, 0.717) is 24.5 Å². The molecule has 2 aromatic carbocycles. The Kier molecular flexibility index (Phi) is 5.19. The van der Waals surface area contributed by atoms with Crippen molar-refractivity contribution in [2.24, 2.45) is 0 Å². The Bertz CT molecular complexity index is 891. The molecule has 0 amide bonds. The summed E-state index contributed by atoms with van der Waals surface area (Å²) >= 11 is 0. The lowest BCUT2D eigenvalue weighted by molar-refractivity contribution is 0.0491. The van der Waals surface area contributed by atoms with Crippen molar-refractivity contribution in [1.29, 1.82) is 0 Å². The molecule has 0 saturated heterocycles. The molecule has 0 aliphatic rings. The lowest BCUT2D eigenvalue weighted by atomic mass is 10.1. The summed E-state index contributed by atoms with van der Waals surface area (Å²) in [6.07, 6.45) is 3.96. The molecule has 3 aromatic rings. The van der Waals surface area contributed by atoms with E-state index in [4.69, 9.17) is 13.9 Å². The number of hydrogen-bond donors (Lipinski definition) is 0. The van der Waals surface area contributed by atoms with E-state index in [1.54, 1.807) is 6.92 Å². The molecule has 0 spiro atoms. The van der Waals surface area contributed by atoms with Crippen molar-refractivity contribution in [2.75, 3.05) is 13.2 Å². The van der Waals surface area contributed by atoms with Crippen molar-refractivity contribution in [3.05, 3.63) is 71.5 Å². The zero-order valence-corrected chi connectivity index (χ0v) is 14.3. The van der Waals surface area contributed by atoms with Crippen molar-refractivity contribution < 1.29 is 18.7 Å². The molecule has 0 saturated carbocycles. The minimum atomic E-state index is -0.453. The average Bonchev–Trinajstić information content (AvgIpc) is 2.98. The number of benzene rings is 2. The Labute approximate surface area is 146 Å². The molecule has 0 bridgehead atoms.